The van der Waals surface area contributed by atoms with Crippen LogP contribution in [0.25, 0.3) is 0 Å². The monoisotopic (exact) mass is 284 g/mol. The van der Waals surface area contributed by atoms with E-state index < -0.39 is 0 Å². The highest BCUT2D eigenvalue weighted by atomic mass is 16.3. The van der Waals surface area contributed by atoms with Crippen LogP contribution in [-0.2, 0) is 0 Å². The Labute approximate surface area is 126 Å². The Hall–Kier alpha value is -0.120. The number of unbranched alkanes of at least 4 members (excludes halogenated alkanes) is 1. The molecule has 0 saturated heterocycles. The zero-order valence-electron chi connectivity index (χ0n) is 14.0. The fraction of sp³-hybridized carbons (Fsp3) is 1.00. The molecular formula is C17H36N2O. The van der Waals surface area contributed by atoms with E-state index in [0.29, 0.717) is 5.41 Å². The zero-order chi connectivity index (χ0) is 14.8. The third-order valence-corrected chi connectivity index (χ3v) is 4.74. The minimum atomic E-state index is 0.288. The van der Waals surface area contributed by atoms with Crippen molar-refractivity contribution >= 4 is 0 Å². The molecule has 0 aliphatic heterocycles. The van der Waals surface area contributed by atoms with Gasteiger partial charge in [0.2, 0.25) is 0 Å². The molecule has 1 aliphatic carbocycles. The summed E-state index contributed by atoms with van der Waals surface area (Å²) in [7, 11) is 0. The van der Waals surface area contributed by atoms with E-state index in [1.165, 1.54) is 38.5 Å². The largest absolute Gasteiger partial charge is 0.395 e. The van der Waals surface area contributed by atoms with Crippen molar-refractivity contribution in [2.24, 2.45) is 11.3 Å². The van der Waals surface area contributed by atoms with Gasteiger partial charge in [0.05, 0.1) is 6.61 Å². The Morgan fingerprint density at radius 2 is 2.10 bits per heavy atom. The molecule has 1 fully saturated rings. The van der Waals surface area contributed by atoms with Gasteiger partial charge >= 0.3 is 0 Å². The molecule has 2 N–H and O–H groups in total. The van der Waals surface area contributed by atoms with E-state index in [9.17, 15) is 5.11 Å². The van der Waals surface area contributed by atoms with Gasteiger partial charge in [0.25, 0.3) is 0 Å². The summed E-state index contributed by atoms with van der Waals surface area (Å²) in [5, 5.41) is 12.9. The van der Waals surface area contributed by atoms with E-state index in [0.717, 1.165) is 38.6 Å². The Balaban J connectivity index is 2.64. The van der Waals surface area contributed by atoms with Crippen molar-refractivity contribution in [3.63, 3.8) is 0 Å². The lowest BCUT2D eigenvalue weighted by atomic mass is 9.69. The maximum atomic E-state index is 9.32. The first-order chi connectivity index (χ1) is 9.65. The highest BCUT2D eigenvalue weighted by Crippen LogP contribution is 2.39. The fourth-order valence-electron chi connectivity index (χ4n) is 3.79. The first-order valence-electron chi connectivity index (χ1n) is 8.69. The van der Waals surface area contributed by atoms with Gasteiger partial charge in [0.1, 0.15) is 0 Å². The average molecular weight is 284 g/mol. The summed E-state index contributed by atoms with van der Waals surface area (Å²) in [5.74, 6) is 0.851. The van der Waals surface area contributed by atoms with E-state index in [-0.39, 0.29) is 6.61 Å². The van der Waals surface area contributed by atoms with Crippen molar-refractivity contribution in [3.8, 4) is 0 Å². The Bertz CT molecular complexity index is 247. The summed E-state index contributed by atoms with van der Waals surface area (Å²) < 4.78 is 0. The van der Waals surface area contributed by atoms with E-state index in [1.54, 1.807) is 0 Å². The third kappa shape index (κ3) is 6.11. The molecule has 0 heterocycles. The van der Waals surface area contributed by atoms with E-state index in [1.807, 2.05) is 0 Å². The van der Waals surface area contributed by atoms with Crippen LogP contribution in [0.15, 0.2) is 0 Å². The van der Waals surface area contributed by atoms with Crippen molar-refractivity contribution in [2.45, 2.75) is 59.3 Å². The van der Waals surface area contributed by atoms with Gasteiger partial charge in [0, 0.05) is 19.6 Å². The van der Waals surface area contributed by atoms with E-state index in [2.05, 4.69) is 31.0 Å². The van der Waals surface area contributed by atoms with Gasteiger partial charge in [-0.1, -0.05) is 40.0 Å². The number of nitrogens with one attached hydrogen (secondary N) is 1. The van der Waals surface area contributed by atoms with Gasteiger partial charge in [-0.25, -0.2) is 0 Å². The van der Waals surface area contributed by atoms with Crippen LogP contribution >= 0.6 is 0 Å². The van der Waals surface area contributed by atoms with Crippen LogP contribution < -0.4 is 5.32 Å². The fourth-order valence-corrected chi connectivity index (χ4v) is 3.79. The van der Waals surface area contributed by atoms with Gasteiger partial charge in [-0.05, 0) is 43.7 Å². The molecule has 120 valence electrons. The number of nitrogens with zero attached hydrogens (tertiary/aromatic N) is 1. The van der Waals surface area contributed by atoms with Crippen molar-refractivity contribution in [1.82, 2.24) is 10.2 Å². The lowest BCUT2D eigenvalue weighted by Crippen LogP contribution is -2.47. The van der Waals surface area contributed by atoms with Crippen molar-refractivity contribution < 1.29 is 5.11 Å². The Morgan fingerprint density at radius 1 is 1.30 bits per heavy atom. The SMILES string of the molecule is CCCCN(CCO)CC1(CNCC)CCCC(C)C1. The van der Waals surface area contributed by atoms with Crippen LogP contribution in [-0.4, -0.2) is 49.3 Å². The molecule has 0 aromatic rings. The molecule has 0 aromatic heterocycles. The van der Waals surface area contributed by atoms with Crippen LogP contribution in [0.3, 0.4) is 0 Å². The molecule has 2 atom stereocenters. The molecule has 0 amide bonds. The van der Waals surface area contributed by atoms with Gasteiger partial charge in [-0.2, -0.15) is 0 Å². The molecule has 0 bridgehead atoms. The Kier molecular flexibility index (Phi) is 8.74. The topological polar surface area (TPSA) is 35.5 Å². The predicted octanol–water partition coefficient (Wildman–Crippen LogP) is 2.89. The van der Waals surface area contributed by atoms with Crippen LogP contribution in [0.1, 0.15) is 59.3 Å². The molecular weight excluding hydrogens is 248 g/mol. The standard InChI is InChI=1S/C17H36N2O/c1-4-6-10-19(11-12-20)15-17(14-18-5-2)9-7-8-16(3)13-17/h16,18,20H,4-15H2,1-3H3. The molecule has 3 heteroatoms. The second-order valence-corrected chi connectivity index (χ2v) is 6.84. The van der Waals surface area contributed by atoms with Crippen molar-refractivity contribution in [2.75, 3.05) is 39.3 Å². The number of aliphatic hydroxyl groups is 1. The first-order valence-corrected chi connectivity index (χ1v) is 8.69. The quantitative estimate of drug-likeness (QED) is 0.647. The molecule has 20 heavy (non-hydrogen) atoms. The molecule has 0 spiro atoms. The maximum Gasteiger partial charge on any atom is 0.0558 e. The van der Waals surface area contributed by atoms with Crippen LogP contribution in [0, 0.1) is 11.3 Å². The summed E-state index contributed by atoms with van der Waals surface area (Å²) >= 11 is 0. The van der Waals surface area contributed by atoms with Crippen molar-refractivity contribution in [3.05, 3.63) is 0 Å². The molecule has 1 rings (SSSR count). The molecule has 1 aliphatic rings. The second kappa shape index (κ2) is 9.75. The van der Waals surface area contributed by atoms with Crippen LogP contribution in [0.2, 0.25) is 0 Å². The summed E-state index contributed by atoms with van der Waals surface area (Å²) in [4.78, 5) is 2.50. The minimum absolute atomic E-state index is 0.288. The summed E-state index contributed by atoms with van der Waals surface area (Å²) in [6.45, 7) is 12.5. The lowest BCUT2D eigenvalue weighted by molar-refractivity contribution is 0.0700. The summed E-state index contributed by atoms with van der Waals surface area (Å²) in [6.07, 6.45) is 7.92. The normalized spacial score (nSPS) is 27.1. The molecule has 1 saturated carbocycles. The molecule has 0 radical (unpaired) electrons. The maximum absolute atomic E-state index is 9.32. The van der Waals surface area contributed by atoms with Crippen molar-refractivity contribution in [1.29, 1.82) is 0 Å². The third-order valence-electron chi connectivity index (χ3n) is 4.74. The Morgan fingerprint density at radius 3 is 2.70 bits per heavy atom. The van der Waals surface area contributed by atoms with Gasteiger partial charge in [-0.15, -0.1) is 0 Å². The van der Waals surface area contributed by atoms with E-state index in [4.69, 9.17) is 0 Å². The van der Waals surface area contributed by atoms with Gasteiger partial charge in [0.15, 0.2) is 0 Å². The summed E-state index contributed by atoms with van der Waals surface area (Å²) in [5.41, 5.74) is 0.427. The smallest absolute Gasteiger partial charge is 0.0558 e. The molecule has 2 unspecified atom stereocenters. The average Bonchev–Trinajstić information content (AvgIpc) is 2.43. The number of rotatable bonds is 10. The zero-order valence-corrected chi connectivity index (χ0v) is 14.0. The molecule has 3 nitrogen and oxygen atoms in total. The highest BCUT2D eigenvalue weighted by Gasteiger charge is 2.35. The number of aliphatic hydroxyl groups excluding tert-OH is 1. The highest BCUT2D eigenvalue weighted by molar-refractivity contribution is 4.90. The van der Waals surface area contributed by atoms with Gasteiger partial charge < -0.3 is 15.3 Å². The molecule has 0 aromatic carbocycles. The first kappa shape index (κ1) is 17.9. The van der Waals surface area contributed by atoms with Gasteiger partial charge in [-0.3, -0.25) is 0 Å². The van der Waals surface area contributed by atoms with Crippen LogP contribution in [0.4, 0.5) is 0 Å². The minimum Gasteiger partial charge on any atom is -0.395 e. The van der Waals surface area contributed by atoms with Crippen LogP contribution in [0.5, 0.6) is 0 Å². The second-order valence-electron chi connectivity index (χ2n) is 6.84. The number of hydrogen-bond acceptors (Lipinski definition) is 3. The summed E-state index contributed by atoms with van der Waals surface area (Å²) in [6, 6.07) is 0. The lowest BCUT2D eigenvalue weighted by Gasteiger charge is -2.43. The number of hydrogen-bond donors (Lipinski definition) is 2. The predicted molar refractivity (Wildman–Crippen MR) is 87.0 cm³/mol. The van der Waals surface area contributed by atoms with E-state index >= 15 is 0 Å².